The van der Waals surface area contributed by atoms with Gasteiger partial charge in [-0.15, -0.1) is 11.3 Å². The van der Waals surface area contributed by atoms with Crippen molar-refractivity contribution in [2.75, 3.05) is 5.32 Å². The van der Waals surface area contributed by atoms with Crippen molar-refractivity contribution >= 4 is 44.9 Å². The maximum atomic E-state index is 12.9. The van der Waals surface area contributed by atoms with Crippen LogP contribution in [0.5, 0.6) is 0 Å². The molecule has 0 radical (unpaired) electrons. The third-order valence-electron chi connectivity index (χ3n) is 5.64. The number of amides is 1. The average molecular weight is 426 g/mol. The molecule has 1 aliphatic rings. The van der Waals surface area contributed by atoms with Gasteiger partial charge < -0.3 is 5.32 Å². The zero-order valence-electron chi connectivity index (χ0n) is 17.6. The van der Waals surface area contributed by atoms with Crippen LogP contribution in [0.1, 0.15) is 47.4 Å². The molecule has 0 unspecified atom stereocenters. The van der Waals surface area contributed by atoms with E-state index in [1.54, 1.807) is 17.7 Å². The molecule has 6 heteroatoms. The molecule has 4 nitrogen and oxygen atoms in total. The van der Waals surface area contributed by atoms with Gasteiger partial charge in [-0.1, -0.05) is 36.4 Å². The van der Waals surface area contributed by atoms with Crippen molar-refractivity contribution in [2.45, 2.75) is 64.2 Å². The first-order valence-electron chi connectivity index (χ1n) is 10.1. The number of thiophene rings is 1. The minimum atomic E-state index is -0.244. The number of carbonyl (C=O) groups is 1. The summed E-state index contributed by atoms with van der Waals surface area (Å²) in [7, 11) is 0. The van der Waals surface area contributed by atoms with E-state index < -0.39 is 0 Å². The molecular formula is C23H27N3OS2. The van der Waals surface area contributed by atoms with E-state index in [1.165, 1.54) is 39.6 Å². The number of aryl methyl sites for hydroxylation is 4. The van der Waals surface area contributed by atoms with Crippen molar-refractivity contribution in [1.29, 1.82) is 0 Å². The Morgan fingerprint density at radius 2 is 1.97 bits per heavy atom. The van der Waals surface area contributed by atoms with Gasteiger partial charge in [0, 0.05) is 16.0 Å². The molecule has 1 aliphatic carbocycles. The van der Waals surface area contributed by atoms with E-state index in [0.717, 1.165) is 45.4 Å². The molecule has 1 amide bonds. The van der Waals surface area contributed by atoms with Crippen molar-refractivity contribution in [2.24, 2.45) is 5.92 Å². The molecule has 0 bridgehead atoms. The first-order chi connectivity index (χ1) is 13.8. The second-order valence-corrected chi connectivity index (χ2v) is 10.6. The number of benzene rings is 1. The monoisotopic (exact) mass is 425 g/mol. The van der Waals surface area contributed by atoms with Gasteiger partial charge in [-0.3, -0.25) is 4.79 Å². The van der Waals surface area contributed by atoms with Crippen LogP contribution in [-0.4, -0.2) is 21.1 Å². The van der Waals surface area contributed by atoms with E-state index in [1.807, 2.05) is 20.8 Å². The van der Waals surface area contributed by atoms with Crippen LogP contribution >= 0.6 is 23.1 Å². The number of fused-ring (bicyclic) bond motifs is 3. The molecule has 4 rings (SSSR count). The number of nitrogens with one attached hydrogen (secondary N) is 1. The molecule has 3 aromatic rings. The lowest BCUT2D eigenvalue weighted by Gasteiger charge is -2.19. The molecule has 0 saturated heterocycles. The minimum Gasteiger partial charge on any atom is -0.325 e. The average Bonchev–Trinajstić information content (AvgIpc) is 3.02. The van der Waals surface area contributed by atoms with Gasteiger partial charge >= 0.3 is 0 Å². The Kier molecular flexibility index (Phi) is 5.67. The predicted molar refractivity (Wildman–Crippen MR) is 123 cm³/mol. The first kappa shape index (κ1) is 20.4. The zero-order valence-corrected chi connectivity index (χ0v) is 19.3. The van der Waals surface area contributed by atoms with Crippen molar-refractivity contribution in [3.8, 4) is 0 Å². The van der Waals surface area contributed by atoms with E-state index in [9.17, 15) is 4.79 Å². The lowest BCUT2D eigenvalue weighted by molar-refractivity contribution is -0.115. The van der Waals surface area contributed by atoms with Crippen LogP contribution in [0.3, 0.4) is 0 Å². The SMILES string of the molecule is Cc1cc(C)c(NC(=O)[C@H](C)Sc2ncnc3sc4c(c23)CC[C@H](C)C4)c(C)c1. The number of anilines is 1. The number of nitrogens with zero attached hydrogens (tertiary/aromatic N) is 2. The molecule has 152 valence electrons. The summed E-state index contributed by atoms with van der Waals surface area (Å²) in [6, 6.07) is 4.21. The van der Waals surface area contributed by atoms with Crippen molar-refractivity contribution in [3.05, 3.63) is 45.6 Å². The lowest BCUT2D eigenvalue weighted by Crippen LogP contribution is -2.23. The van der Waals surface area contributed by atoms with Crippen LogP contribution in [0.15, 0.2) is 23.5 Å². The predicted octanol–water partition coefficient (Wildman–Crippen LogP) is 5.86. The molecule has 1 aromatic carbocycles. The van der Waals surface area contributed by atoms with E-state index in [-0.39, 0.29) is 11.2 Å². The number of hydrogen-bond donors (Lipinski definition) is 1. The molecule has 2 aromatic heterocycles. The van der Waals surface area contributed by atoms with Crippen molar-refractivity contribution in [3.63, 3.8) is 0 Å². The highest BCUT2D eigenvalue weighted by molar-refractivity contribution is 8.00. The van der Waals surface area contributed by atoms with E-state index in [2.05, 4.69) is 41.3 Å². The normalized spacial score (nSPS) is 17.2. The summed E-state index contributed by atoms with van der Waals surface area (Å²) in [6.45, 7) is 10.4. The fraction of sp³-hybridized carbons (Fsp3) is 0.435. The van der Waals surface area contributed by atoms with Crippen LogP contribution < -0.4 is 5.32 Å². The van der Waals surface area contributed by atoms with Crippen LogP contribution in [0, 0.1) is 26.7 Å². The largest absolute Gasteiger partial charge is 0.325 e. The summed E-state index contributed by atoms with van der Waals surface area (Å²) in [4.78, 5) is 24.5. The maximum Gasteiger partial charge on any atom is 0.237 e. The number of aromatic nitrogens is 2. The Bertz CT molecular complexity index is 1070. The number of hydrogen-bond acceptors (Lipinski definition) is 5. The Balaban J connectivity index is 1.58. The van der Waals surface area contributed by atoms with Crippen LogP contribution in [0.2, 0.25) is 0 Å². The molecule has 0 aliphatic heterocycles. The third-order valence-corrected chi connectivity index (χ3v) is 7.90. The summed E-state index contributed by atoms with van der Waals surface area (Å²) in [6.07, 6.45) is 5.05. The number of rotatable bonds is 4. The summed E-state index contributed by atoms with van der Waals surface area (Å²) in [5, 5.41) is 5.00. The van der Waals surface area contributed by atoms with Gasteiger partial charge in [0.2, 0.25) is 5.91 Å². The molecule has 0 saturated carbocycles. The van der Waals surface area contributed by atoms with Gasteiger partial charge in [0.15, 0.2) is 0 Å². The molecular weight excluding hydrogens is 398 g/mol. The Morgan fingerprint density at radius 3 is 2.69 bits per heavy atom. The summed E-state index contributed by atoms with van der Waals surface area (Å²) in [5.41, 5.74) is 5.73. The smallest absolute Gasteiger partial charge is 0.237 e. The van der Waals surface area contributed by atoms with Gasteiger partial charge in [-0.05, 0) is 69.6 Å². The molecule has 29 heavy (non-hydrogen) atoms. The summed E-state index contributed by atoms with van der Waals surface area (Å²) >= 11 is 3.33. The Hall–Kier alpha value is -1.92. The second-order valence-electron chi connectivity index (χ2n) is 8.23. The standard InChI is InChI=1S/C23H27N3OS2/c1-12-6-7-17-18(10-12)29-23-19(17)22(24-11-25-23)28-16(5)21(27)26-20-14(3)8-13(2)9-15(20)4/h8-9,11-12,16H,6-7,10H2,1-5H3,(H,26,27)/t12-,16-/m0/s1. The molecule has 0 fully saturated rings. The molecule has 2 heterocycles. The van der Waals surface area contributed by atoms with Gasteiger partial charge in [-0.2, -0.15) is 0 Å². The number of carbonyl (C=O) groups excluding carboxylic acids is 1. The Labute approximate surface area is 180 Å². The van der Waals surface area contributed by atoms with Gasteiger partial charge in [0.1, 0.15) is 16.2 Å². The van der Waals surface area contributed by atoms with Crippen LogP contribution in [0.25, 0.3) is 10.2 Å². The molecule has 0 spiro atoms. The highest BCUT2D eigenvalue weighted by Gasteiger charge is 2.25. The molecule has 2 atom stereocenters. The van der Waals surface area contributed by atoms with E-state index in [0.29, 0.717) is 0 Å². The lowest BCUT2D eigenvalue weighted by atomic mass is 9.89. The van der Waals surface area contributed by atoms with Crippen LogP contribution in [0.4, 0.5) is 5.69 Å². The highest BCUT2D eigenvalue weighted by atomic mass is 32.2. The fourth-order valence-electron chi connectivity index (χ4n) is 4.16. The first-order valence-corrected chi connectivity index (χ1v) is 11.8. The summed E-state index contributed by atoms with van der Waals surface area (Å²) in [5.74, 6) is 0.736. The van der Waals surface area contributed by atoms with Gasteiger partial charge in [-0.25, -0.2) is 9.97 Å². The van der Waals surface area contributed by atoms with Crippen LogP contribution in [-0.2, 0) is 17.6 Å². The van der Waals surface area contributed by atoms with Crippen molar-refractivity contribution in [1.82, 2.24) is 9.97 Å². The maximum absolute atomic E-state index is 12.9. The van der Waals surface area contributed by atoms with Gasteiger partial charge in [0.25, 0.3) is 0 Å². The van der Waals surface area contributed by atoms with E-state index in [4.69, 9.17) is 0 Å². The second kappa shape index (κ2) is 8.07. The third kappa shape index (κ3) is 4.05. The summed E-state index contributed by atoms with van der Waals surface area (Å²) < 4.78 is 0. The quantitative estimate of drug-likeness (QED) is 0.420. The minimum absolute atomic E-state index is 0.00883. The molecule has 1 N–H and O–H groups in total. The zero-order chi connectivity index (χ0) is 20.7. The Morgan fingerprint density at radius 1 is 1.24 bits per heavy atom. The fourth-order valence-corrected chi connectivity index (χ4v) is 6.52. The van der Waals surface area contributed by atoms with E-state index >= 15 is 0 Å². The van der Waals surface area contributed by atoms with Crippen molar-refractivity contribution < 1.29 is 4.79 Å². The number of thioether (sulfide) groups is 1. The van der Waals surface area contributed by atoms with Gasteiger partial charge in [0.05, 0.1) is 5.25 Å². The highest BCUT2D eigenvalue weighted by Crippen LogP contribution is 2.41. The topological polar surface area (TPSA) is 54.9 Å².